The summed E-state index contributed by atoms with van der Waals surface area (Å²) in [6.07, 6.45) is 6.70. The third-order valence-electron chi connectivity index (χ3n) is 7.60. The van der Waals surface area contributed by atoms with Crippen molar-refractivity contribution in [1.29, 1.82) is 0 Å². The summed E-state index contributed by atoms with van der Waals surface area (Å²) < 4.78 is 61.1. The van der Waals surface area contributed by atoms with Crippen molar-refractivity contribution in [3.63, 3.8) is 0 Å². The van der Waals surface area contributed by atoms with Gasteiger partial charge in [0.25, 0.3) is 0 Å². The molecule has 0 aliphatic carbocycles. The van der Waals surface area contributed by atoms with E-state index in [1.54, 1.807) is 12.7 Å². The van der Waals surface area contributed by atoms with Crippen LogP contribution in [0, 0.1) is 11.6 Å². The molecule has 3 heterocycles. The van der Waals surface area contributed by atoms with Crippen LogP contribution in [0.15, 0.2) is 55.1 Å². The van der Waals surface area contributed by atoms with E-state index in [9.17, 15) is 8.42 Å². The molecule has 2 fully saturated rings. The Labute approximate surface area is 210 Å². The molecule has 2 aliphatic heterocycles. The molecular formula is C26H31F2N5O2S. The van der Waals surface area contributed by atoms with Crippen molar-refractivity contribution in [2.45, 2.75) is 62.9 Å². The van der Waals surface area contributed by atoms with Crippen LogP contribution in [-0.2, 0) is 16.6 Å². The van der Waals surface area contributed by atoms with E-state index in [0.29, 0.717) is 32.4 Å². The second-order valence-corrected chi connectivity index (χ2v) is 11.7. The first-order chi connectivity index (χ1) is 17.4. The lowest BCUT2D eigenvalue weighted by molar-refractivity contribution is 0.256. The fourth-order valence-electron chi connectivity index (χ4n) is 5.55. The molecule has 0 unspecified atom stereocenters. The Morgan fingerprint density at radius 1 is 0.944 bits per heavy atom. The van der Waals surface area contributed by atoms with Crippen molar-refractivity contribution in [1.82, 2.24) is 19.1 Å². The zero-order valence-electron chi connectivity index (χ0n) is 20.3. The van der Waals surface area contributed by atoms with E-state index in [2.05, 4.69) is 10.2 Å². The molecule has 0 radical (unpaired) electrons. The van der Waals surface area contributed by atoms with Gasteiger partial charge in [-0.15, -0.1) is 10.2 Å². The summed E-state index contributed by atoms with van der Waals surface area (Å²) >= 11 is 0. The number of sulfonamides is 1. The van der Waals surface area contributed by atoms with Crippen LogP contribution < -0.4 is 4.90 Å². The Hall–Kier alpha value is -2.85. The predicted octanol–water partition coefficient (Wildman–Crippen LogP) is 4.84. The normalized spacial score (nSPS) is 23.1. The molecule has 0 N–H and O–H groups in total. The average Bonchev–Trinajstić information content (AvgIpc) is 3.42. The second-order valence-electron chi connectivity index (χ2n) is 9.65. The summed E-state index contributed by atoms with van der Waals surface area (Å²) in [4.78, 5) is 1.85. The highest BCUT2D eigenvalue weighted by molar-refractivity contribution is 7.89. The van der Waals surface area contributed by atoms with Crippen LogP contribution in [0.5, 0.6) is 0 Å². The van der Waals surface area contributed by atoms with Gasteiger partial charge in [0.2, 0.25) is 10.0 Å². The summed E-state index contributed by atoms with van der Waals surface area (Å²) in [5.74, 6) is -1.12. The molecule has 0 amide bonds. The highest BCUT2D eigenvalue weighted by Crippen LogP contribution is 2.39. The molecule has 7 nitrogen and oxygen atoms in total. The van der Waals surface area contributed by atoms with Gasteiger partial charge >= 0.3 is 0 Å². The zero-order valence-corrected chi connectivity index (χ0v) is 21.1. The number of nitrogens with zero attached hydrogens (tertiary/aromatic N) is 5. The van der Waals surface area contributed by atoms with Gasteiger partial charge in [-0.25, -0.2) is 17.2 Å². The van der Waals surface area contributed by atoms with Crippen molar-refractivity contribution >= 4 is 15.7 Å². The number of anilines is 1. The summed E-state index contributed by atoms with van der Waals surface area (Å²) in [6, 6.07) is 11.5. The van der Waals surface area contributed by atoms with Gasteiger partial charge in [0.05, 0.1) is 5.69 Å². The number of hydrogen-bond acceptors (Lipinski definition) is 5. The first-order valence-electron chi connectivity index (χ1n) is 12.5. The molecule has 0 spiro atoms. The summed E-state index contributed by atoms with van der Waals surface area (Å²) in [7, 11) is -3.74. The minimum absolute atomic E-state index is 0.0614. The number of benzene rings is 2. The Kier molecular flexibility index (Phi) is 7.07. The van der Waals surface area contributed by atoms with E-state index in [4.69, 9.17) is 0 Å². The molecule has 36 heavy (non-hydrogen) atoms. The SMILES string of the molecule is CC[C@H]1CC[C@@H](c2ccccc2)S(=O)(=O)N1Cc1cc(F)c(N2CCC(n3cnnc3)CC2)cc1F. The zero-order chi connectivity index (χ0) is 25.3. The minimum Gasteiger partial charge on any atom is -0.369 e. The summed E-state index contributed by atoms with van der Waals surface area (Å²) in [5.41, 5.74) is 1.01. The predicted molar refractivity (Wildman–Crippen MR) is 134 cm³/mol. The fourth-order valence-corrected chi connectivity index (χ4v) is 7.80. The number of rotatable bonds is 6. The van der Waals surface area contributed by atoms with Gasteiger partial charge in [0.1, 0.15) is 29.5 Å². The van der Waals surface area contributed by atoms with Crippen LogP contribution in [0.25, 0.3) is 0 Å². The highest BCUT2D eigenvalue weighted by Gasteiger charge is 2.41. The third kappa shape index (κ3) is 4.76. The van der Waals surface area contributed by atoms with Gasteiger partial charge < -0.3 is 9.47 Å². The summed E-state index contributed by atoms with van der Waals surface area (Å²) in [5, 5.41) is 7.01. The molecule has 2 aliphatic rings. The van der Waals surface area contributed by atoms with Gasteiger partial charge in [0, 0.05) is 43.3 Å². The quantitative estimate of drug-likeness (QED) is 0.470. The van der Waals surface area contributed by atoms with Gasteiger partial charge in [-0.3, -0.25) is 0 Å². The molecule has 1 aromatic heterocycles. The first-order valence-corrected chi connectivity index (χ1v) is 14.0. The van der Waals surface area contributed by atoms with Gasteiger partial charge in [-0.2, -0.15) is 4.31 Å². The van der Waals surface area contributed by atoms with Crippen LogP contribution in [0.1, 0.15) is 61.4 Å². The standard InChI is InChI=1S/C26H31F2N5O2S/c1-2-21-8-9-26(19-6-4-3-5-7-19)36(34,35)33(21)16-20-14-24(28)25(15-23(20)27)31-12-10-22(11-13-31)32-17-29-30-18-32/h3-7,14-15,17-18,21-22,26H,2,8-13,16H2,1H3/t21-,26-/m0/s1. The fraction of sp³-hybridized carbons (Fsp3) is 0.462. The van der Waals surface area contributed by atoms with Gasteiger partial charge in [0.15, 0.2) is 0 Å². The van der Waals surface area contributed by atoms with E-state index in [0.717, 1.165) is 18.4 Å². The van der Waals surface area contributed by atoms with E-state index >= 15 is 8.78 Å². The molecular weight excluding hydrogens is 484 g/mol. The molecule has 0 saturated carbocycles. The maximum Gasteiger partial charge on any atom is 0.221 e. The molecule has 0 bridgehead atoms. The van der Waals surface area contributed by atoms with Crippen molar-refractivity contribution in [3.05, 3.63) is 77.9 Å². The lowest BCUT2D eigenvalue weighted by Gasteiger charge is -2.39. The molecule has 3 aromatic rings. The van der Waals surface area contributed by atoms with Crippen molar-refractivity contribution in [3.8, 4) is 0 Å². The molecule has 2 atom stereocenters. The monoisotopic (exact) mass is 515 g/mol. The smallest absolute Gasteiger partial charge is 0.221 e. The van der Waals surface area contributed by atoms with E-state index in [1.165, 1.54) is 16.4 Å². The van der Waals surface area contributed by atoms with E-state index in [1.807, 2.05) is 46.7 Å². The molecule has 2 aromatic carbocycles. The Morgan fingerprint density at radius 2 is 1.64 bits per heavy atom. The number of halogens is 2. The number of aromatic nitrogens is 3. The van der Waals surface area contributed by atoms with Gasteiger partial charge in [-0.05, 0) is 43.7 Å². The number of piperidine rings is 1. The molecule has 10 heteroatoms. The second kappa shape index (κ2) is 10.3. The highest BCUT2D eigenvalue weighted by atomic mass is 32.2. The maximum absolute atomic E-state index is 15.3. The van der Waals surface area contributed by atoms with Crippen LogP contribution >= 0.6 is 0 Å². The largest absolute Gasteiger partial charge is 0.369 e. The maximum atomic E-state index is 15.3. The first kappa shape index (κ1) is 24.8. The average molecular weight is 516 g/mol. The van der Waals surface area contributed by atoms with Crippen LogP contribution in [-0.4, -0.2) is 46.6 Å². The lowest BCUT2D eigenvalue weighted by Crippen LogP contribution is -2.46. The molecule has 192 valence electrons. The summed E-state index contributed by atoms with van der Waals surface area (Å²) in [6.45, 7) is 2.91. The van der Waals surface area contributed by atoms with Gasteiger partial charge in [-0.1, -0.05) is 37.3 Å². The topological polar surface area (TPSA) is 71.3 Å². The Morgan fingerprint density at radius 3 is 2.31 bits per heavy atom. The lowest BCUT2D eigenvalue weighted by atomic mass is 10.0. The Balaban J connectivity index is 1.36. The number of hydrogen-bond donors (Lipinski definition) is 0. The molecule has 2 saturated heterocycles. The Bertz CT molecular complexity index is 1280. The van der Waals surface area contributed by atoms with Crippen LogP contribution in [0.4, 0.5) is 14.5 Å². The van der Waals surface area contributed by atoms with Crippen molar-refractivity contribution in [2.75, 3.05) is 18.0 Å². The van der Waals surface area contributed by atoms with E-state index < -0.39 is 26.9 Å². The van der Waals surface area contributed by atoms with Crippen LogP contribution in [0.3, 0.4) is 0 Å². The van der Waals surface area contributed by atoms with E-state index in [-0.39, 0.29) is 29.9 Å². The van der Waals surface area contributed by atoms with Crippen LogP contribution in [0.2, 0.25) is 0 Å². The minimum atomic E-state index is -3.74. The van der Waals surface area contributed by atoms with Crippen molar-refractivity contribution < 1.29 is 17.2 Å². The molecule has 5 rings (SSSR count). The van der Waals surface area contributed by atoms with Crippen molar-refractivity contribution in [2.24, 2.45) is 0 Å². The third-order valence-corrected chi connectivity index (χ3v) is 9.91.